The van der Waals surface area contributed by atoms with Gasteiger partial charge in [-0.3, -0.25) is 4.79 Å². The lowest BCUT2D eigenvalue weighted by Crippen LogP contribution is -2.19. The minimum atomic E-state index is -0.264. The predicted molar refractivity (Wildman–Crippen MR) is 94.8 cm³/mol. The van der Waals surface area contributed by atoms with E-state index in [1.165, 1.54) is 18.0 Å². The SMILES string of the molecule is Cc1cc(C)n2nc(SCC(=O)N/N=C/c3ccc(O)cc3)nc2n1. The van der Waals surface area contributed by atoms with Gasteiger partial charge in [0, 0.05) is 11.4 Å². The first-order valence-electron chi connectivity index (χ1n) is 7.46. The molecular formula is C16H16N6O2S. The standard InChI is InChI=1S/C16H16N6O2S/c1-10-7-11(2)22-15(18-10)19-16(21-22)25-9-14(24)20-17-8-12-3-5-13(23)6-4-12/h3-8,23H,9H2,1-2H3,(H,20,24)/b17-8+. The number of benzene rings is 1. The highest BCUT2D eigenvalue weighted by molar-refractivity contribution is 7.99. The van der Waals surface area contributed by atoms with Gasteiger partial charge in [0.05, 0.1) is 12.0 Å². The first kappa shape index (κ1) is 16.9. The van der Waals surface area contributed by atoms with Crippen molar-refractivity contribution >= 4 is 29.7 Å². The topological polar surface area (TPSA) is 105 Å². The zero-order valence-electron chi connectivity index (χ0n) is 13.7. The van der Waals surface area contributed by atoms with Gasteiger partial charge in [0.1, 0.15) is 5.75 Å². The smallest absolute Gasteiger partial charge is 0.253 e. The highest BCUT2D eigenvalue weighted by Gasteiger charge is 2.10. The zero-order valence-corrected chi connectivity index (χ0v) is 14.5. The number of hydrazone groups is 1. The average Bonchev–Trinajstić information content (AvgIpc) is 2.98. The van der Waals surface area contributed by atoms with Crippen molar-refractivity contribution in [3.8, 4) is 5.75 Å². The molecule has 0 fully saturated rings. The fourth-order valence-electron chi connectivity index (χ4n) is 2.11. The lowest BCUT2D eigenvalue weighted by molar-refractivity contribution is -0.118. The monoisotopic (exact) mass is 356 g/mol. The average molecular weight is 356 g/mol. The Bertz CT molecular complexity index is 936. The van der Waals surface area contributed by atoms with Crippen LogP contribution in [0.5, 0.6) is 5.75 Å². The number of carbonyl (C=O) groups is 1. The van der Waals surface area contributed by atoms with E-state index in [9.17, 15) is 9.90 Å². The van der Waals surface area contributed by atoms with E-state index >= 15 is 0 Å². The van der Waals surface area contributed by atoms with E-state index in [-0.39, 0.29) is 17.4 Å². The number of rotatable bonds is 5. The summed E-state index contributed by atoms with van der Waals surface area (Å²) in [6, 6.07) is 8.40. The maximum atomic E-state index is 11.8. The van der Waals surface area contributed by atoms with Crippen LogP contribution in [0.15, 0.2) is 40.6 Å². The second-order valence-corrected chi connectivity index (χ2v) is 6.26. The summed E-state index contributed by atoms with van der Waals surface area (Å²) in [6.45, 7) is 3.82. The fourth-order valence-corrected chi connectivity index (χ4v) is 2.72. The van der Waals surface area contributed by atoms with Crippen molar-refractivity contribution in [1.29, 1.82) is 0 Å². The Kier molecular flexibility index (Phi) is 4.94. The highest BCUT2D eigenvalue weighted by Crippen LogP contribution is 2.15. The molecule has 0 radical (unpaired) electrons. The highest BCUT2D eigenvalue weighted by atomic mass is 32.2. The van der Waals surface area contributed by atoms with Gasteiger partial charge in [0.25, 0.3) is 11.7 Å². The van der Waals surface area contributed by atoms with Gasteiger partial charge in [0.15, 0.2) is 0 Å². The third kappa shape index (κ3) is 4.32. The van der Waals surface area contributed by atoms with E-state index < -0.39 is 0 Å². The minimum absolute atomic E-state index is 0.141. The summed E-state index contributed by atoms with van der Waals surface area (Å²) in [4.78, 5) is 20.4. The van der Waals surface area contributed by atoms with Crippen molar-refractivity contribution in [3.63, 3.8) is 0 Å². The molecule has 2 heterocycles. The van der Waals surface area contributed by atoms with E-state index in [1.807, 2.05) is 19.9 Å². The second-order valence-electron chi connectivity index (χ2n) is 5.32. The molecule has 0 atom stereocenters. The molecule has 2 aromatic heterocycles. The summed E-state index contributed by atoms with van der Waals surface area (Å²) < 4.78 is 1.65. The number of nitrogens with one attached hydrogen (secondary N) is 1. The number of nitrogens with zero attached hydrogens (tertiary/aromatic N) is 5. The van der Waals surface area contributed by atoms with E-state index in [4.69, 9.17) is 0 Å². The van der Waals surface area contributed by atoms with Crippen LogP contribution in [-0.2, 0) is 4.79 Å². The van der Waals surface area contributed by atoms with Crippen molar-refractivity contribution < 1.29 is 9.90 Å². The molecule has 0 aliphatic rings. The Hall–Kier alpha value is -2.94. The number of phenols is 1. The van der Waals surface area contributed by atoms with E-state index in [1.54, 1.807) is 28.8 Å². The van der Waals surface area contributed by atoms with E-state index in [0.717, 1.165) is 17.0 Å². The van der Waals surface area contributed by atoms with Crippen molar-refractivity contribution in [3.05, 3.63) is 47.3 Å². The quantitative estimate of drug-likeness (QED) is 0.409. The van der Waals surface area contributed by atoms with Crippen LogP contribution in [0, 0.1) is 13.8 Å². The number of amides is 1. The van der Waals surface area contributed by atoms with Gasteiger partial charge in [-0.25, -0.2) is 14.9 Å². The fraction of sp³-hybridized carbons (Fsp3) is 0.188. The Morgan fingerprint density at radius 3 is 2.84 bits per heavy atom. The first-order chi connectivity index (χ1) is 12.0. The molecule has 0 bridgehead atoms. The molecule has 1 amide bonds. The summed E-state index contributed by atoms with van der Waals surface area (Å²) >= 11 is 1.21. The van der Waals surface area contributed by atoms with Crippen LogP contribution in [-0.4, -0.2) is 42.6 Å². The molecule has 128 valence electrons. The summed E-state index contributed by atoms with van der Waals surface area (Å²) in [7, 11) is 0. The number of thioether (sulfide) groups is 1. The number of carbonyl (C=O) groups excluding carboxylic acids is 1. The molecule has 3 rings (SSSR count). The van der Waals surface area contributed by atoms with E-state index in [2.05, 4.69) is 25.6 Å². The van der Waals surface area contributed by atoms with Crippen LogP contribution in [0.25, 0.3) is 5.78 Å². The molecule has 8 nitrogen and oxygen atoms in total. The molecule has 25 heavy (non-hydrogen) atoms. The molecular weight excluding hydrogens is 340 g/mol. The van der Waals surface area contributed by atoms with Crippen molar-refractivity contribution in [1.82, 2.24) is 25.0 Å². The predicted octanol–water partition coefficient (Wildman–Crippen LogP) is 1.69. The minimum Gasteiger partial charge on any atom is -0.508 e. The Labute approximate surface area is 148 Å². The van der Waals surface area contributed by atoms with E-state index in [0.29, 0.717) is 10.9 Å². The summed E-state index contributed by atoms with van der Waals surface area (Å²) in [5.74, 6) is 0.574. The first-order valence-corrected chi connectivity index (χ1v) is 8.44. The molecule has 0 unspecified atom stereocenters. The molecule has 0 spiro atoms. The number of aromatic hydroxyl groups is 1. The van der Waals surface area contributed by atoms with Gasteiger partial charge in [-0.1, -0.05) is 11.8 Å². The van der Waals surface area contributed by atoms with Crippen molar-refractivity contribution in [2.24, 2.45) is 5.10 Å². The number of fused-ring (bicyclic) bond motifs is 1. The van der Waals surface area contributed by atoms with Crippen LogP contribution < -0.4 is 5.43 Å². The van der Waals surface area contributed by atoms with Gasteiger partial charge in [-0.2, -0.15) is 10.1 Å². The van der Waals surface area contributed by atoms with Gasteiger partial charge in [0.2, 0.25) is 5.16 Å². The van der Waals surface area contributed by atoms with Gasteiger partial charge in [-0.05, 0) is 49.7 Å². The zero-order chi connectivity index (χ0) is 17.8. The number of aromatic nitrogens is 4. The maximum Gasteiger partial charge on any atom is 0.253 e. The Balaban J connectivity index is 1.55. The van der Waals surface area contributed by atoms with Crippen LogP contribution >= 0.6 is 11.8 Å². The second kappa shape index (κ2) is 7.31. The molecule has 1 aromatic carbocycles. The summed E-state index contributed by atoms with van der Waals surface area (Å²) in [6.07, 6.45) is 1.50. The number of phenolic OH excluding ortho intramolecular Hbond substituents is 1. The lowest BCUT2D eigenvalue weighted by Gasteiger charge is -1.98. The molecule has 9 heteroatoms. The van der Waals surface area contributed by atoms with Gasteiger partial charge < -0.3 is 5.11 Å². The van der Waals surface area contributed by atoms with Crippen LogP contribution in [0.2, 0.25) is 0 Å². The number of aryl methyl sites for hydroxylation is 2. The normalized spacial score (nSPS) is 11.3. The van der Waals surface area contributed by atoms with Gasteiger partial charge >= 0.3 is 0 Å². The van der Waals surface area contributed by atoms with Crippen molar-refractivity contribution in [2.75, 3.05) is 5.75 Å². The number of hydrogen-bond donors (Lipinski definition) is 2. The molecule has 0 aliphatic carbocycles. The number of hydrogen-bond acceptors (Lipinski definition) is 7. The van der Waals surface area contributed by atoms with Crippen molar-refractivity contribution in [2.45, 2.75) is 19.0 Å². The Morgan fingerprint density at radius 1 is 1.32 bits per heavy atom. The molecule has 2 N–H and O–H groups in total. The molecule has 0 saturated carbocycles. The van der Waals surface area contributed by atoms with Crippen LogP contribution in [0.3, 0.4) is 0 Å². The third-order valence-electron chi connectivity index (χ3n) is 3.23. The lowest BCUT2D eigenvalue weighted by atomic mass is 10.2. The van der Waals surface area contributed by atoms with Gasteiger partial charge in [-0.15, -0.1) is 5.10 Å². The molecule has 3 aromatic rings. The molecule has 0 aliphatic heterocycles. The van der Waals surface area contributed by atoms with Crippen LogP contribution in [0.1, 0.15) is 17.0 Å². The Morgan fingerprint density at radius 2 is 2.08 bits per heavy atom. The largest absolute Gasteiger partial charge is 0.508 e. The summed E-state index contributed by atoms with van der Waals surface area (Å²) in [5.41, 5.74) is 5.01. The third-order valence-corrected chi connectivity index (χ3v) is 4.06. The molecule has 0 saturated heterocycles. The summed E-state index contributed by atoms with van der Waals surface area (Å²) in [5, 5.41) is 17.9. The van der Waals surface area contributed by atoms with Crippen LogP contribution in [0.4, 0.5) is 0 Å². The maximum absolute atomic E-state index is 11.8.